The van der Waals surface area contributed by atoms with Crippen LogP contribution in [-0.4, -0.2) is 4.98 Å². The highest BCUT2D eigenvalue weighted by Gasteiger charge is 2.07. The molecule has 0 aliphatic rings. The van der Waals surface area contributed by atoms with Gasteiger partial charge in [0.15, 0.2) is 0 Å². The van der Waals surface area contributed by atoms with Gasteiger partial charge in [0.1, 0.15) is 5.52 Å². The Morgan fingerprint density at radius 1 is 1.21 bits per heavy atom. The second kappa shape index (κ2) is 2.65. The number of thiazole rings is 1. The van der Waals surface area contributed by atoms with E-state index in [9.17, 15) is 4.79 Å². The third kappa shape index (κ3) is 0.914. The first-order chi connectivity index (χ1) is 6.86. The van der Waals surface area contributed by atoms with Crippen molar-refractivity contribution in [1.82, 2.24) is 4.98 Å². The highest BCUT2D eigenvalue weighted by molar-refractivity contribution is 7.16. The molecule has 0 bridgehead atoms. The third-order valence-corrected chi connectivity index (χ3v) is 2.82. The number of fused-ring (bicyclic) bond motifs is 3. The van der Waals surface area contributed by atoms with E-state index >= 15 is 0 Å². The van der Waals surface area contributed by atoms with Gasteiger partial charge in [-0.25, -0.2) is 9.78 Å². The fourth-order valence-corrected chi connectivity index (χ4v) is 2.15. The van der Waals surface area contributed by atoms with Gasteiger partial charge in [-0.15, -0.1) is 0 Å². The second-order valence-corrected chi connectivity index (χ2v) is 3.74. The van der Waals surface area contributed by atoms with Crippen LogP contribution >= 0.6 is 11.3 Å². The van der Waals surface area contributed by atoms with Crippen molar-refractivity contribution in [2.75, 3.05) is 0 Å². The summed E-state index contributed by atoms with van der Waals surface area (Å²) in [5, 5.41) is 1.45. The van der Waals surface area contributed by atoms with E-state index in [1.54, 1.807) is 11.6 Å². The van der Waals surface area contributed by atoms with E-state index in [0.29, 0.717) is 10.3 Å². The Kier molecular flexibility index (Phi) is 1.46. The van der Waals surface area contributed by atoms with Crippen LogP contribution in [0, 0.1) is 0 Å². The van der Waals surface area contributed by atoms with Gasteiger partial charge in [0, 0.05) is 5.39 Å². The maximum atomic E-state index is 11.5. The molecule has 2 aromatic heterocycles. The molecule has 14 heavy (non-hydrogen) atoms. The van der Waals surface area contributed by atoms with Gasteiger partial charge in [0.05, 0.1) is 10.9 Å². The van der Waals surface area contributed by atoms with E-state index in [4.69, 9.17) is 4.42 Å². The van der Waals surface area contributed by atoms with Crippen LogP contribution in [-0.2, 0) is 0 Å². The summed E-state index contributed by atoms with van der Waals surface area (Å²) >= 11 is 1.34. The van der Waals surface area contributed by atoms with Crippen molar-refractivity contribution in [3.8, 4) is 0 Å². The predicted molar refractivity (Wildman–Crippen MR) is 55.7 cm³/mol. The number of aromatic nitrogens is 1. The van der Waals surface area contributed by atoms with Gasteiger partial charge in [0.2, 0.25) is 4.90 Å². The van der Waals surface area contributed by atoms with Crippen LogP contribution in [0.5, 0.6) is 0 Å². The molecule has 0 aliphatic carbocycles. The van der Waals surface area contributed by atoms with Crippen LogP contribution in [0.25, 0.3) is 21.2 Å². The molecule has 0 saturated carbocycles. The largest absolute Gasteiger partial charge is 0.409 e. The number of hydrogen-bond donors (Lipinski definition) is 0. The Morgan fingerprint density at radius 3 is 2.86 bits per heavy atom. The first-order valence-electron chi connectivity index (χ1n) is 4.11. The normalized spacial score (nSPS) is 11.1. The van der Waals surface area contributed by atoms with Crippen molar-refractivity contribution < 1.29 is 4.42 Å². The molecular weight excluding hydrogens is 198 g/mol. The van der Waals surface area contributed by atoms with E-state index in [1.165, 1.54) is 11.3 Å². The van der Waals surface area contributed by atoms with Crippen molar-refractivity contribution in [1.29, 1.82) is 0 Å². The molecule has 3 nitrogen and oxygen atoms in total. The van der Waals surface area contributed by atoms with Gasteiger partial charge in [-0.1, -0.05) is 29.5 Å². The minimum Gasteiger partial charge on any atom is -0.409 e. The molecule has 2 heterocycles. The molecule has 0 saturated heterocycles. The maximum Gasteiger partial charge on any atom is 0.345 e. The molecule has 0 fully saturated rings. The zero-order valence-electron chi connectivity index (χ0n) is 7.06. The standard InChI is InChI=1S/C10H5NO2S/c12-9-7-4-2-1-3-6(7)8-10(13-9)14-5-11-8/h1-5H. The van der Waals surface area contributed by atoms with E-state index in [1.807, 2.05) is 18.2 Å². The molecule has 68 valence electrons. The van der Waals surface area contributed by atoms with E-state index in [0.717, 1.165) is 10.9 Å². The Hall–Kier alpha value is -1.68. The summed E-state index contributed by atoms with van der Waals surface area (Å²) in [6.45, 7) is 0. The van der Waals surface area contributed by atoms with Gasteiger partial charge >= 0.3 is 5.63 Å². The first-order valence-corrected chi connectivity index (χ1v) is 4.99. The first kappa shape index (κ1) is 7.70. The van der Waals surface area contributed by atoms with Crippen LogP contribution in [0.3, 0.4) is 0 Å². The van der Waals surface area contributed by atoms with Gasteiger partial charge < -0.3 is 4.42 Å². The predicted octanol–water partition coefficient (Wildman–Crippen LogP) is 2.40. The molecule has 0 unspecified atom stereocenters. The average Bonchev–Trinajstić information content (AvgIpc) is 2.66. The molecule has 0 atom stereocenters. The van der Waals surface area contributed by atoms with Crippen LogP contribution in [0.2, 0.25) is 0 Å². The summed E-state index contributed by atoms with van der Waals surface area (Å²) in [5.74, 6) is 0. The summed E-state index contributed by atoms with van der Waals surface area (Å²) in [5.41, 5.74) is 2.16. The summed E-state index contributed by atoms with van der Waals surface area (Å²) in [7, 11) is 0. The molecule has 0 aliphatic heterocycles. The molecule has 3 aromatic rings. The Bertz CT molecular complexity index is 668. The average molecular weight is 203 g/mol. The fraction of sp³-hybridized carbons (Fsp3) is 0. The van der Waals surface area contributed by atoms with Crippen molar-refractivity contribution in [3.63, 3.8) is 0 Å². The number of hydrogen-bond acceptors (Lipinski definition) is 4. The Morgan fingerprint density at radius 2 is 2.00 bits per heavy atom. The molecule has 0 spiro atoms. The highest BCUT2D eigenvalue weighted by atomic mass is 32.1. The molecule has 1 aromatic carbocycles. The van der Waals surface area contributed by atoms with Crippen molar-refractivity contribution in [2.45, 2.75) is 0 Å². The lowest BCUT2D eigenvalue weighted by atomic mass is 10.2. The molecular formula is C10H5NO2S. The summed E-state index contributed by atoms with van der Waals surface area (Å²) in [4.78, 5) is 16.3. The van der Waals surface area contributed by atoms with Crippen LogP contribution in [0.1, 0.15) is 0 Å². The number of rotatable bonds is 0. The minimum absolute atomic E-state index is 0.294. The lowest BCUT2D eigenvalue weighted by Gasteiger charge is -1.94. The minimum atomic E-state index is -0.294. The van der Waals surface area contributed by atoms with Crippen molar-refractivity contribution in [2.24, 2.45) is 0 Å². The SMILES string of the molecule is O=c1oc2scnc2c2ccccc12. The second-order valence-electron chi connectivity index (χ2n) is 2.92. The third-order valence-electron chi connectivity index (χ3n) is 2.12. The monoisotopic (exact) mass is 203 g/mol. The van der Waals surface area contributed by atoms with Gasteiger partial charge in [-0.3, -0.25) is 0 Å². The van der Waals surface area contributed by atoms with E-state index < -0.39 is 0 Å². The quantitative estimate of drug-likeness (QED) is 0.563. The van der Waals surface area contributed by atoms with Crippen LogP contribution in [0.4, 0.5) is 0 Å². The van der Waals surface area contributed by atoms with Gasteiger partial charge in [-0.2, -0.15) is 0 Å². The lowest BCUT2D eigenvalue weighted by Crippen LogP contribution is -1.98. The molecule has 0 amide bonds. The summed E-state index contributed by atoms with van der Waals surface area (Å²) in [6.07, 6.45) is 0. The number of nitrogens with zero attached hydrogens (tertiary/aromatic N) is 1. The smallest absolute Gasteiger partial charge is 0.345 e. The fourth-order valence-electron chi connectivity index (χ4n) is 1.49. The van der Waals surface area contributed by atoms with E-state index in [-0.39, 0.29) is 5.63 Å². The molecule has 0 N–H and O–H groups in total. The van der Waals surface area contributed by atoms with Gasteiger partial charge in [-0.05, 0) is 6.07 Å². The van der Waals surface area contributed by atoms with Crippen LogP contribution < -0.4 is 5.63 Å². The van der Waals surface area contributed by atoms with Crippen molar-refractivity contribution >= 4 is 32.5 Å². The molecule has 3 rings (SSSR count). The zero-order valence-corrected chi connectivity index (χ0v) is 7.88. The highest BCUT2D eigenvalue weighted by Crippen LogP contribution is 2.23. The summed E-state index contributed by atoms with van der Waals surface area (Å²) < 4.78 is 5.12. The zero-order chi connectivity index (χ0) is 9.54. The maximum absolute atomic E-state index is 11.5. The topological polar surface area (TPSA) is 43.1 Å². The molecule has 4 heteroatoms. The Labute approximate surface area is 82.6 Å². The lowest BCUT2D eigenvalue weighted by molar-refractivity contribution is 0.577. The summed E-state index contributed by atoms with van der Waals surface area (Å²) in [6, 6.07) is 7.34. The van der Waals surface area contributed by atoms with E-state index in [2.05, 4.69) is 4.98 Å². The Balaban J connectivity index is 2.74. The van der Waals surface area contributed by atoms with Gasteiger partial charge in [0.25, 0.3) is 0 Å². The van der Waals surface area contributed by atoms with Crippen LogP contribution in [0.15, 0.2) is 39.0 Å². The molecule has 0 radical (unpaired) electrons. The number of benzene rings is 1. The van der Waals surface area contributed by atoms with Crippen molar-refractivity contribution in [3.05, 3.63) is 40.2 Å².